The Bertz CT molecular complexity index is 966. The zero-order valence-electron chi connectivity index (χ0n) is 17.7. The van der Waals surface area contributed by atoms with Gasteiger partial charge in [0.1, 0.15) is 0 Å². The maximum absolute atomic E-state index is 6.01. The molecule has 1 saturated heterocycles. The quantitative estimate of drug-likeness (QED) is 0.201. The number of para-hydroxylation sites is 2. The van der Waals surface area contributed by atoms with Gasteiger partial charge in [0.05, 0.1) is 37.1 Å². The van der Waals surface area contributed by atoms with Crippen LogP contribution in [-0.4, -0.2) is 59.8 Å². The molecule has 4 rings (SSSR count). The van der Waals surface area contributed by atoms with Crippen LogP contribution in [0.2, 0.25) is 0 Å². The van der Waals surface area contributed by atoms with Gasteiger partial charge >= 0.3 is 0 Å². The molecule has 1 aliphatic rings. The van der Waals surface area contributed by atoms with E-state index >= 15 is 0 Å². The van der Waals surface area contributed by atoms with Crippen LogP contribution in [0.3, 0.4) is 0 Å². The summed E-state index contributed by atoms with van der Waals surface area (Å²) < 4.78 is 7.54. The number of nitrogens with zero attached hydrogens (tertiary/aromatic N) is 4. The molecule has 0 spiro atoms. The van der Waals surface area contributed by atoms with E-state index in [2.05, 4.69) is 55.1 Å². The molecule has 2 aromatic carbocycles. The third kappa shape index (κ3) is 6.91. The smallest absolute Gasteiger partial charge is 0.188 e. The zero-order valence-corrected chi connectivity index (χ0v) is 20.1. The van der Waals surface area contributed by atoms with Crippen LogP contribution in [0.1, 0.15) is 17.5 Å². The second-order valence-electron chi connectivity index (χ2n) is 7.61. The summed E-state index contributed by atoms with van der Waals surface area (Å²) in [6.07, 6.45) is 2.95. The van der Waals surface area contributed by atoms with Gasteiger partial charge < -0.3 is 20.4 Å². The van der Waals surface area contributed by atoms with E-state index in [1.165, 1.54) is 5.56 Å². The van der Waals surface area contributed by atoms with Crippen molar-refractivity contribution in [3.63, 3.8) is 0 Å². The minimum Gasteiger partial charge on any atom is -0.379 e. The average molecular weight is 534 g/mol. The first-order chi connectivity index (χ1) is 14.8. The molecule has 1 fully saturated rings. The van der Waals surface area contributed by atoms with Crippen molar-refractivity contribution in [1.29, 1.82) is 0 Å². The monoisotopic (exact) mass is 534 g/mol. The number of aromatic nitrogens is 2. The predicted octanol–water partition coefficient (Wildman–Crippen LogP) is 2.83. The fourth-order valence-electron chi connectivity index (χ4n) is 3.66. The molecule has 0 amide bonds. The van der Waals surface area contributed by atoms with Gasteiger partial charge in [-0.15, -0.1) is 24.0 Å². The van der Waals surface area contributed by atoms with Crippen molar-refractivity contribution in [1.82, 2.24) is 19.8 Å². The number of imidazole rings is 1. The number of hydrogen-bond donors (Lipinski definition) is 2. The van der Waals surface area contributed by atoms with Crippen LogP contribution < -0.4 is 11.1 Å². The molecule has 0 atom stereocenters. The highest BCUT2D eigenvalue weighted by Gasteiger charge is 2.09. The second kappa shape index (κ2) is 12.0. The standard InChI is InChI=1S/C23H30N6O.HI/c24-23(25-10-3-11-28-12-14-30-15-13-28)26-16-19-6-8-20(9-7-19)17-29-18-27-21-4-1-2-5-22(21)29;/h1-2,4-9,18H,3,10-17H2,(H3,24,25,26);1H. The molecule has 1 aliphatic heterocycles. The lowest BCUT2D eigenvalue weighted by Gasteiger charge is -2.26. The van der Waals surface area contributed by atoms with E-state index in [1.807, 2.05) is 24.5 Å². The number of benzene rings is 2. The normalized spacial score (nSPS) is 15.0. The van der Waals surface area contributed by atoms with Crippen molar-refractivity contribution in [2.45, 2.75) is 19.5 Å². The Balaban J connectivity index is 0.00000272. The van der Waals surface area contributed by atoms with E-state index in [0.717, 1.165) is 69.0 Å². The molecule has 7 nitrogen and oxygen atoms in total. The summed E-state index contributed by atoms with van der Waals surface area (Å²) in [5.74, 6) is 0.505. The van der Waals surface area contributed by atoms with Crippen LogP contribution in [0.5, 0.6) is 0 Å². The number of nitrogens with two attached hydrogens (primary N) is 1. The van der Waals surface area contributed by atoms with Crippen molar-refractivity contribution in [2.24, 2.45) is 10.7 Å². The highest BCUT2D eigenvalue weighted by atomic mass is 127. The van der Waals surface area contributed by atoms with Crippen LogP contribution in [-0.2, 0) is 17.8 Å². The van der Waals surface area contributed by atoms with Crippen LogP contribution in [0.4, 0.5) is 0 Å². The average Bonchev–Trinajstić information content (AvgIpc) is 3.20. The molecule has 0 bridgehead atoms. The van der Waals surface area contributed by atoms with E-state index < -0.39 is 0 Å². The molecule has 0 radical (unpaired) electrons. The fraction of sp³-hybridized carbons (Fsp3) is 0.391. The lowest BCUT2D eigenvalue weighted by Crippen LogP contribution is -2.39. The maximum atomic E-state index is 6.01. The molecule has 0 aliphatic carbocycles. The molecule has 3 aromatic rings. The lowest BCUT2D eigenvalue weighted by atomic mass is 10.1. The van der Waals surface area contributed by atoms with Crippen LogP contribution in [0.25, 0.3) is 11.0 Å². The first kappa shape index (κ1) is 23.5. The number of rotatable bonds is 8. The van der Waals surface area contributed by atoms with Gasteiger partial charge in [0.15, 0.2) is 5.96 Å². The SMILES string of the molecule is I.NC(=NCc1ccc(Cn2cnc3ccccc32)cc1)NCCCN1CCOCC1. The van der Waals surface area contributed by atoms with E-state index in [9.17, 15) is 0 Å². The van der Waals surface area contributed by atoms with Gasteiger partial charge in [0.25, 0.3) is 0 Å². The number of aliphatic imine (C=N–C) groups is 1. The maximum Gasteiger partial charge on any atom is 0.188 e. The van der Waals surface area contributed by atoms with Gasteiger partial charge in [-0.1, -0.05) is 36.4 Å². The van der Waals surface area contributed by atoms with Gasteiger partial charge in [0, 0.05) is 26.2 Å². The molecule has 2 heterocycles. The summed E-state index contributed by atoms with van der Waals surface area (Å²) in [7, 11) is 0. The minimum atomic E-state index is 0. The summed E-state index contributed by atoms with van der Waals surface area (Å²) >= 11 is 0. The Kier molecular flexibility index (Phi) is 9.11. The van der Waals surface area contributed by atoms with Crippen molar-refractivity contribution in [3.8, 4) is 0 Å². The number of morpholine rings is 1. The Morgan fingerprint density at radius 3 is 2.61 bits per heavy atom. The largest absolute Gasteiger partial charge is 0.379 e. The third-order valence-electron chi connectivity index (χ3n) is 5.40. The van der Waals surface area contributed by atoms with Crippen LogP contribution >= 0.6 is 24.0 Å². The van der Waals surface area contributed by atoms with Crippen LogP contribution in [0.15, 0.2) is 59.9 Å². The topological polar surface area (TPSA) is 80.7 Å². The van der Waals surface area contributed by atoms with Gasteiger partial charge in [0.2, 0.25) is 0 Å². The minimum absolute atomic E-state index is 0. The van der Waals surface area contributed by atoms with Crippen molar-refractivity contribution in [3.05, 3.63) is 66.0 Å². The highest BCUT2D eigenvalue weighted by Crippen LogP contribution is 2.14. The molecule has 8 heteroatoms. The molecule has 31 heavy (non-hydrogen) atoms. The summed E-state index contributed by atoms with van der Waals surface area (Å²) in [6.45, 7) is 7.02. The lowest BCUT2D eigenvalue weighted by molar-refractivity contribution is 0.0376. The number of halogens is 1. The van der Waals surface area contributed by atoms with Gasteiger partial charge in [-0.3, -0.25) is 4.90 Å². The number of guanidine groups is 1. The molecular weight excluding hydrogens is 503 g/mol. The summed E-state index contributed by atoms with van der Waals surface area (Å²) in [5.41, 5.74) is 10.6. The summed E-state index contributed by atoms with van der Waals surface area (Å²) in [4.78, 5) is 11.3. The molecule has 1 aromatic heterocycles. The highest BCUT2D eigenvalue weighted by molar-refractivity contribution is 14.0. The molecular formula is C23H31IN6O. The van der Waals surface area contributed by atoms with Gasteiger partial charge in [-0.2, -0.15) is 0 Å². The van der Waals surface area contributed by atoms with Crippen molar-refractivity contribution < 1.29 is 4.74 Å². The second-order valence-corrected chi connectivity index (χ2v) is 7.61. The van der Waals surface area contributed by atoms with E-state index in [1.54, 1.807) is 0 Å². The molecule has 3 N–H and O–H groups in total. The fourth-order valence-corrected chi connectivity index (χ4v) is 3.66. The number of nitrogens with one attached hydrogen (secondary N) is 1. The number of fused-ring (bicyclic) bond motifs is 1. The van der Waals surface area contributed by atoms with E-state index in [4.69, 9.17) is 10.5 Å². The molecule has 166 valence electrons. The summed E-state index contributed by atoms with van der Waals surface area (Å²) in [5, 5.41) is 3.21. The Morgan fingerprint density at radius 1 is 1.06 bits per heavy atom. The van der Waals surface area contributed by atoms with Gasteiger partial charge in [-0.05, 0) is 36.2 Å². The van der Waals surface area contributed by atoms with Crippen molar-refractivity contribution in [2.75, 3.05) is 39.4 Å². The first-order valence-corrected chi connectivity index (χ1v) is 10.6. The van der Waals surface area contributed by atoms with E-state index in [-0.39, 0.29) is 24.0 Å². The Hall–Kier alpha value is -2.17. The summed E-state index contributed by atoms with van der Waals surface area (Å²) in [6, 6.07) is 16.7. The first-order valence-electron chi connectivity index (χ1n) is 10.6. The molecule has 0 unspecified atom stereocenters. The zero-order chi connectivity index (χ0) is 20.6. The Morgan fingerprint density at radius 2 is 1.81 bits per heavy atom. The van der Waals surface area contributed by atoms with E-state index in [0.29, 0.717) is 12.5 Å². The number of ether oxygens (including phenoxy) is 1. The van der Waals surface area contributed by atoms with Gasteiger partial charge in [-0.25, -0.2) is 9.98 Å². The van der Waals surface area contributed by atoms with Crippen LogP contribution in [0, 0.1) is 0 Å². The Labute approximate surface area is 200 Å². The van der Waals surface area contributed by atoms with Crippen molar-refractivity contribution >= 4 is 41.0 Å². The number of hydrogen-bond acceptors (Lipinski definition) is 4. The molecule has 0 saturated carbocycles. The predicted molar refractivity (Wildman–Crippen MR) is 136 cm³/mol. The third-order valence-corrected chi connectivity index (χ3v) is 5.40.